The van der Waals surface area contributed by atoms with Crippen LogP contribution >= 0.6 is 15.9 Å². The van der Waals surface area contributed by atoms with Crippen LogP contribution in [0.25, 0.3) is 33.2 Å². The van der Waals surface area contributed by atoms with E-state index in [1.165, 1.54) is 22.3 Å². The number of ketones is 1. The summed E-state index contributed by atoms with van der Waals surface area (Å²) in [6.45, 7) is 12.9. The highest BCUT2D eigenvalue weighted by Crippen LogP contribution is 2.46. The standard InChI is InChI=1S/C33H35BrN4O2/c1-7-19-15(3)23-13-26-20(8-2)16(4)30(37-26)29(34)31-17(5)21(10-9-11-39)32(38-31)22-12-27(40)28-18(6)24(36-33(22)28)14-25(19)35-23/h11,13-14,17,21,36-37H,7-10,12H2,1-6H3/t17-,21-/m0/s1. The molecule has 6 nitrogen and oxygen atoms in total. The van der Waals surface area contributed by atoms with E-state index < -0.39 is 0 Å². The molecule has 0 saturated carbocycles. The second-order valence-electron chi connectivity index (χ2n) is 11.3. The lowest BCUT2D eigenvalue weighted by Crippen LogP contribution is -2.06. The van der Waals surface area contributed by atoms with Crippen LogP contribution in [-0.4, -0.2) is 32.0 Å². The number of hydrogen-bond donors (Lipinski definition) is 2. The van der Waals surface area contributed by atoms with Crippen molar-refractivity contribution in [1.82, 2.24) is 19.9 Å². The smallest absolute Gasteiger partial charge is 0.169 e. The SMILES string of the molecule is CCC1=C(C)c2cc3[nH]c(c(C)c3CC)c(Br)c3nc(c4c5[nH]c(cc1n2)c(C)c5C(=O)C4)[C@@H](CCC=O)[C@@H]3C. The monoisotopic (exact) mass is 598 g/mol. The summed E-state index contributed by atoms with van der Waals surface area (Å²) in [5, 5.41) is 0. The molecule has 0 fully saturated rings. The van der Waals surface area contributed by atoms with E-state index in [4.69, 9.17) is 9.97 Å². The van der Waals surface area contributed by atoms with E-state index in [0.29, 0.717) is 19.3 Å². The first-order valence-electron chi connectivity index (χ1n) is 14.3. The third-order valence-electron chi connectivity index (χ3n) is 9.25. The van der Waals surface area contributed by atoms with E-state index in [1.54, 1.807) is 0 Å². The number of fused-ring (bicyclic) bond motifs is 8. The van der Waals surface area contributed by atoms with E-state index in [1.807, 2.05) is 6.92 Å². The number of aldehydes is 1. The second kappa shape index (κ2) is 9.95. The highest BCUT2D eigenvalue weighted by Gasteiger charge is 2.36. The fourth-order valence-corrected chi connectivity index (χ4v) is 7.84. The van der Waals surface area contributed by atoms with Gasteiger partial charge in [0.2, 0.25) is 0 Å². The van der Waals surface area contributed by atoms with Crippen LogP contribution in [0.4, 0.5) is 0 Å². The largest absolute Gasteiger partial charge is 0.354 e. The molecular formula is C33H35BrN4O2. The second-order valence-corrected chi connectivity index (χ2v) is 12.1. The Morgan fingerprint density at radius 2 is 1.70 bits per heavy atom. The zero-order valence-electron chi connectivity index (χ0n) is 24.0. The van der Waals surface area contributed by atoms with Gasteiger partial charge in [0, 0.05) is 46.8 Å². The molecule has 8 bridgehead atoms. The molecule has 0 aromatic carbocycles. The van der Waals surface area contributed by atoms with E-state index in [9.17, 15) is 9.59 Å². The number of nitrogens with one attached hydrogen (secondary N) is 2. The number of aromatic amines is 2. The Bertz CT molecular complexity index is 1810. The predicted octanol–water partition coefficient (Wildman–Crippen LogP) is 8.20. The highest BCUT2D eigenvalue weighted by molar-refractivity contribution is 9.10. The summed E-state index contributed by atoms with van der Waals surface area (Å²) < 4.78 is 0.939. The van der Waals surface area contributed by atoms with E-state index in [-0.39, 0.29) is 17.6 Å². The molecule has 2 aliphatic heterocycles. The first kappa shape index (κ1) is 26.9. The number of carbonyl (C=O) groups excluding carboxylic acids is 2. The van der Waals surface area contributed by atoms with Crippen LogP contribution in [0, 0.1) is 13.8 Å². The van der Waals surface area contributed by atoms with Crippen molar-refractivity contribution in [1.29, 1.82) is 0 Å². The lowest BCUT2D eigenvalue weighted by Gasteiger charge is -2.16. The molecular weight excluding hydrogens is 564 g/mol. The number of allylic oxidation sites excluding steroid dienone is 2. The van der Waals surface area contributed by atoms with Gasteiger partial charge in [0.05, 0.1) is 38.3 Å². The number of H-pyrrole nitrogens is 2. The first-order valence-corrected chi connectivity index (χ1v) is 15.1. The topological polar surface area (TPSA) is 91.5 Å². The molecule has 7 heteroatoms. The van der Waals surface area contributed by atoms with Gasteiger partial charge in [-0.25, -0.2) is 4.98 Å². The summed E-state index contributed by atoms with van der Waals surface area (Å²) in [6, 6.07) is 4.28. The maximum absolute atomic E-state index is 13.4. The van der Waals surface area contributed by atoms with Crippen LogP contribution in [0.2, 0.25) is 0 Å². The van der Waals surface area contributed by atoms with Crippen molar-refractivity contribution >= 4 is 61.2 Å². The number of carbonyl (C=O) groups is 2. The van der Waals surface area contributed by atoms with Gasteiger partial charge in [-0.3, -0.25) is 9.78 Å². The number of rotatable bonds is 5. The summed E-state index contributed by atoms with van der Waals surface area (Å²) in [6.07, 6.45) is 4.23. The predicted molar refractivity (Wildman–Crippen MR) is 165 cm³/mol. The zero-order valence-corrected chi connectivity index (χ0v) is 25.6. The van der Waals surface area contributed by atoms with Crippen molar-refractivity contribution in [2.45, 2.75) is 85.5 Å². The quantitative estimate of drug-likeness (QED) is 0.289. The highest BCUT2D eigenvalue weighted by atomic mass is 79.9. The van der Waals surface area contributed by atoms with Gasteiger partial charge in [-0.1, -0.05) is 20.8 Å². The number of halogens is 1. The molecule has 0 radical (unpaired) electrons. The minimum absolute atomic E-state index is 0.0494. The Morgan fingerprint density at radius 1 is 0.975 bits per heavy atom. The Balaban J connectivity index is 1.82. The van der Waals surface area contributed by atoms with Crippen molar-refractivity contribution in [2.75, 3.05) is 0 Å². The summed E-state index contributed by atoms with van der Waals surface area (Å²) in [5.74, 6) is 0.255. The third-order valence-corrected chi connectivity index (χ3v) is 10.1. The molecule has 0 spiro atoms. The lowest BCUT2D eigenvalue weighted by molar-refractivity contribution is -0.108. The Labute approximate surface area is 242 Å². The van der Waals surface area contributed by atoms with Crippen LogP contribution in [0.15, 0.2) is 16.6 Å². The normalized spacial score (nSPS) is 18.2. The van der Waals surface area contributed by atoms with Crippen molar-refractivity contribution in [3.63, 3.8) is 0 Å². The molecule has 0 saturated heterocycles. The number of aryl methyl sites for hydroxylation is 3. The molecule has 3 aromatic rings. The van der Waals surface area contributed by atoms with Crippen molar-refractivity contribution in [3.05, 3.63) is 67.2 Å². The molecule has 2 N–H and O–H groups in total. The fraction of sp³-hybridized carbons (Fsp3) is 0.394. The molecule has 0 unspecified atom stereocenters. The molecule has 1 aliphatic carbocycles. The Hall–Kier alpha value is -3.32. The maximum Gasteiger partial charge on any atom is 0.169 e. The zero-order chi connectivity index (χ0) is 28.5. The average molecular weight is 600 g/mol. The van der Waals surface area contributed by atoms with Gasteiger partial charge in [0.1, 0.15) is 6.29 Å². The molecule has 2 atom stereocenters. The minimum atomic E-state index is 0.0494. The molecule has 3 aliphatic rings. The summed E-state index contributed by atoms with van der Waals surface area (Å²) in [5.41, 5.74) is 15.2. The molecule has 40 heavy (non-hydrogen) atoms. The first-order chi connectivity index (χ1) is 19.2. The van der Waals surface area contributed by atoms with E-state index in [2.05, 4.69) is 72.6 Å². The molecule has 6 rings (SSSR count). The maximum atomic E-state index is 13.4. The van der Waals surface area contributed by atoms with E-state index >= 15 is 0 Å². The Morgan fingerprint density at radius 3 is 2.40 bits per heavy atom. The lowest BCUT2D eigenvalue weighted by atomic mass is 9.86. The van der Waals surface area contributed by atoms with Crippen molar-refractivity contribution in [3.8, 4) is 0 Å². The fourth-order valence-electron chi connectivity index (χ4n) is 7.00. The van der Waals surface area contributed by atoms with Crippen LogP contribution in [0.3, 0.4) is 0 Å². The van der Waals surface area contributed by atoms with Gasteiger partial charge in [0.25, 0.3) is 0 Å². The Kier molecular flexibility index (Phi) is 6.68. The van der Waals surface area contributed by atoms with Crippen LogP contribution in [-0.2, 0) is 17.6 Å². The van der Waals surface area contributed by atoms with E-state index in [0.717, 1.165) is 85.1 Å². The summed E-state index contributed by atoms with van der Waals surface area (Å²) in [7, 11) is 0. The van der Waals surface area contributed by atoms with Gasteiger partial charge >= 0.3 is 0 Å². The van der Waals surface area contributed by atoms with Crippen LogP contribution in [0.1, 0.15) is 114 Å². The van der Waals surface area contributed by atoms with Gasteiger partial charge < -0.3 is 14.8 Å². The summed E-state index contributed by atoms with van der Waals surface area (Å²) in [4.78, 5) is 42.5. The van der Waals surface area contributed by atoms with Crippen molar-refractivity contribution in [2.24, 2.45) is 0 Å². The van der Waals surface area contributed by atoms with Gasteiger partial charge in [0.15, 0.2) is 5.78 Å². The summed E-state index contributed by atoms with van der Waals surface area (Å²) >= 11 is 3.95. The van der Waals surface area contributed by atoms with Crippen LogP contribution in [0.5, 0.6) is 0 Å². The third kappa shape index (κ3) is 3.88. The molecule has 5 heterocycles. The van der Waals surface area contributed by atoms with Crippen LogP contribution < -0.4 is 0 Å². The molecule has 0 amide bonds. The average Bonchev–Trinajstić information content (AvgIpc) is 3.68. The van der Waals surface area contributed by atoms with Crippen molar-refractivity contribution < 1.29 is 9.59 Å². The minimum Gasteiger partial charge on any atom is -0.354 e. The molecule has 3 aromatic heterocycles. The number of hydrogen-bond acceptors (Lipinski definition) is 4. The van der Waals surface area contributed by atoms with Gasteiger partial charge in [-0.05, 0) is 95.9 Å². The van der Waals surface area contributed by atoms with Gasteiger partial charge in [-0.15, -0.1) is 0 Å². The number of aromatic nitrogens is 4. The number of Topliss-reactive ketones (excluding diaryl/α,β-unsaturated/α-hetero) is 1. The molecule has 206 valence electrons. The number of nitrogens with zero attached hydrogens (tertiary/aromatic N) is 2. The van der Waals surface area contributed by atoms with Gasteiger partial charge in [-0.2, -0.15) is 0 Å².